The van der Waals surface area contributed by atoms with Crippen LogP contribution in [0.15, 0.2) is 18.2 Å². The van der Waals surface area contributed by atoms with Gasteiger partial charge in [0.25, 0.3) is 0 Å². The molecule has 0 bridgehead atoms. The van der Waals surface area contributed by atoms with Gasteiger partial charge < -0.3 is 10.2 Å². The minimum atomic E-state index is -0.280. The van der Waals surface area contributed by atoms with E-state index in [1.54, 1.807) is 0 Å². The highest BCUT2D eigenvalue weighted by molar-refractivity contribution is 6.33. The van der Waals surface area contributed by atoms with Crippen molar-refractivity contribution in [3.05, 3.63) is 28.8 Å². The lowest BCUT2D eigenvalue weighted by molar-refractivity contribution is -0.134. The summed E-state index contributed by atoms with van der Waals surface area (Å²) in [4.78, 5) is 25.4. The van der Waals surface area contributed by atoms with E-state index >= 15 is 0 Å². The molecule has 3 rings (SSSR count). The molecule has 1 aromatic carbocycles. The van der Waals surface area contributed by atoms with Gasteiger partial charge in [-0.2, -0.15) is 0 Å². The first-order valence-electron chi connectivity index (χ1n) is 7.24. The maximum absolute atomic E-state index is 11.9. The Morgan fingerprint density at radius 1 is 1.19 bits per heavy atom. The summed E-state index contributed by atoms with van der Waals surface area (Å²) in [6, 6.07) is 5.79. The molecule has 2 amide bonds. The molecule has 2 heterocycles. The Labute approximate surface area is 128 Å². The van der Waals surface area contributed by atoms with Crippen LogP contribution in [0, 0.1) is 0 Å². The highest BCUT2D eigenvalue weighted by atomic mass is 35.5. The molecule has 6 heteroatoms. The lowest BCUT2D eigenvalue weighted by Gasteiger charge is -2.30. The molecule has 0 saturated carbocycles. The van der Waals surface area contributed by atoms with E-state index in [9.17, 15) is 9.59 Å². The molecule has 1 atom stereocenters. The summed E-state index contributed by atoms with van der Waals surface area (Å²) in [5.41, 5.74) is 1.89. The van der Waals surface area contributed by atoms with Gasteiger partial charge in [0.15, 0.2) is 0 Å². The van der Waals surface area contributed by atoms with E-state index in [1.807, 2.05) is 18.2 Å². The molecule has 0 aromatic heterocycles. The van der Waals surface area contributed by atoms with Crippen molar-refractivity contribution < 1.29 is 9.59 Å². The third-order valence-corrected chi connectivity index (χ3v) is 4.37. The number of rotatable bonds is 2. The molecular formula is C15H18ClN3O2. The van der Waals surface area contributed by atoms with E-state index in [0.29, 0.717) is 17.9 Å². The number of imide groups is 1. The summed E-state index contributed by atoms with van der Waals surface area (Å²) in [6.45, 7) is 3.76. The topological polar surface area (TPSA) is 61.4 Å². The van der Waals surface area contributed by atoms with E-state index in [2.05, 4.69) is 15.5 Å². The van der Waals surface area contributed by atoms with Crippen LogP contribution < -0.4 is 15.5 Å². The number of hydrogen-bond acceptors (Lipinski definition) is 4. The molecular weight excluding hydrogens is 290 g/mol. The Hall–Kier alpha value is -1.59. The highest BCUT2D eigenvalue weighted by Crippen LogP contribution is 2.32. The Morgan fingerprint density at radius 2 is 1.95 bits per heavy atom. The predicted octanol–water partition coefficient (Wildman–Crippen LogP) is 1.27. The summed E-state index contributed by atoms with van der Waals surface area (Å²) in [6.07, 6.45) is 0.932. The van der Waals surface area contributed by atoms with Gasteiger partial charge in [0.1, 0.15) is 0 Å². The Balaban J connectivity index is 1.80. The Morgan fingerprint density at radius 3 is 2.62 bits per heavy atom. The zero-order valence-electron chi connectivity index (χ0n) is 11.7. The van der Waals surface area contributed by atoms with E-state index in [-0.39, 0.29) is 17.7 Å². The second-order valence-electron chi connectivity index (χ2n) is 5.45. The molecule has 1 unspecified atom stereocenters. The minimum absolute atomic E-state index is 0.195. The normalized spacial score (nSPS) is 23.1. The summed E-state index contributed by atoms with van der Waals surface area (Å²) < 4.78 is 0. The monoisotopic (exact) mass is 307 g/mol. The van der Waals surface area contributed by atoms with Crippen LogP contribution in [0.5, 0.6) is 0 Å². The van der Waals surface area contributed by atoms with Gasteiger partial charge >= 0.3 is 0 Å². The molecule has 1 aromatic rings. The number of carbonyl (C=O) groups is 2. The van der Waals surface area contributed by atoms with Crippen molar-refractivity contribution in [2.24, 2.45) is 0 Å². The maximum atomic E-state index is 11.9. The Bertz CT molecular complexity index is 570. The van der Waals surface area contributed by atoms with Crippen LogP contribution in [-0.4, -0.2) is 38.0 Å². The molecule has 5 nitrogen and oxygen atoms in total. The molecule has 2 saturated heterocycles. The summed E-state index contributed by atoms with van der Waals surface area (Å²) >= 11 is 6.40. The van der Waals surface area contributed by atoms with Crippen LogP contribution in [0.25, 0.3) is 0 Å². The second kappa shape index (κ2) is 6.03. The molecule has 2 fully saturated rings. The fourth-order valence-electron chi connectivity index (χ4n) is 2.91. The summed E-state index contributed by atoms with van der Waals surface area (Å²) in [7, 11) is 0. The van der Waals surface area contributed by atoms with E-state index in [0.717, 1.165) is 37.4 Å². The lowest BCUT2D eigenvalue weighted by Crippen LogP contribution is -2.43. The van der Waals surface area contributed by atoms with Gasteiger partial charge in [-0.1, -0.05) is 17.7 Å². The van der Waals surface area contributed by atoms with Crippen molar-refractivity contribution in [3.63, 3.8) is 0 Å². The third kappa shape index (κ3) is 3.04. The van der Waals surface area contributed by atoms with Crippen LogP contribution in [0.3, 0.4) is 0 Å². The largest absolute Gasteiger partial charge is 0.368 e. The standard InChI is InChI=1S/C15H18ClN3O2/c16-12-9-10(11-2-4-14(20)18-15(11)21)1-3-13(12)19-7-5-17-6-8-19/h1,3,9,11,17H,2,4-8H2,(H,18,20,21). The first kappa shape index (κ1) is 14.4. The molecule has 2 aliphatic heterocycles. The molecule has 0 spiro atoms. The van der Waals surface area contributed by atoms with Crippen molar-refractivity contribution in [3.8, 4) is 0 Å². The van der Waals surface area contributed by atoms with Gasteiger partial charge in [-0.25, -0.2) is 0 Å². The number of halogens is 1. The number of anilines is 1. The quantitative estimate of drug-likeness (QED) is 0.808. The smallest absolute Gasteiger partial charge is 0.234 e. The van der Waals surface area contributed by atoms with Crippen molar-refractivity contribution >= 4 is 29.1 Å². The third-order valence-electron chi connectivity index (χ3n) is 4.07. The van der Waals surface area contributed by atoms with E-state index < -0.39 is 0 Å². The zero-order chi connectivity index (χ0) is 14.8. The lowest BCUT2D eigenvalue weighted by atomic mass is 9.90. The van der Waals surface area contributed by atoms with Crippen molar-refractivity contribution in [2.75, 3.05) is 31.1 Å². The second-order valence-corrected chi connectivity index (χ2v) is 5.86. The molecule has 2 aliphatic rings. The van der Waals surface area contributed by atoms with Crippen LogP contribution in [0.2, 0.25) is 5.02 Å². The molecule has 112 valence electrons. The average Bonchev–Trinajstić information content (AvgIpc) is 2.48. The van der Waals surface area contributed by atoms with Gasteiger partial charge in [-0.05, 0) is 24.1 Å². The summed E-state index contributed by atoms with van der Waals surface area (Å²) in [5.74, 6) is -0.700. The SMILES string of the molecule is O=C1CCC(c2ccc(N3CCNCC3)c(Cl)c2)C(=O)N1. The number of piperazine rings is 1. The van der Waals surface area contributed by atoms with E-state index in [1.165, 1.54) is 0 Å². The highest BCUT2D eigenvalue weighted by Gasteiger charge is 2.28. The van der Waals surface area contributed by atoms with Gasteiger partial charge in [0.05, 0.1) is 16.6 Å². The van der Waals surface area contributed by atoms with E-state index in [4.69, 9.17) is 11.6 Å². The van der Waals surface area contributed by atoms with Crippen molar-refractivity contribution in [2.45, 2.75) is 18.8 Å². The predicted molar refractivity (Wildman–Crippen MR) is 81.7 cm³/mol. The molecule has 2 N–H and O–H groups in total. The fraction of sp³-hybridized carbons (Fsp3) is 0.467. The minimum Gasteiger partial charge on any atom is -0.368 e. The number of piperidine rings is 1. The van der Waals surface area contributed by atoms with Gasteiger partial charge in [-0.3, -0.25) is 14.9 Å². The van der Waals surface area contributed by atoms with Crippen LogP contribution in [0.4, 0.5) is 5.69 Å². The van der Waals surface area contributed by atoms with Crippen LogP contribution in [-0.2, 0) is 9.59 Å². The maximum Gasteiger partial charge on any atom is 0.234 e. The molecule has 0 radical (unpaired) electrons. The molecule has 21 heavy (non-hydrogen) atoms. The number of hydrogen-bond donors (Lipinski definition) is 2. The van der Waals surface area contributed by atoms with Gasteiger partial charge in [0, 0.05) is 32.6 Å². The molecule has 0 aliphatic carbocycles. The number of benzene rings is 1. The van der Waals surface area contributed by atoms with Crippen LogP contribution in [0.1, 0.15) is 24.3 Å². The number of amides is 2. The first-order chi connectivity index (χ1) is 10.1. The van der Waals surface area contributed by atoms with Crippen LogP contribution >= 0.6 is 11.6 Å². The number of nitrogens with one attached hydrogen (secondary N) is 2. The number of nitrogens with zero attached hydrogens (tertiary/aromatic N) is 1. The van der Waals surface area contributed by atoms with Gasteiger partial charge in [-0.15, -0.1) is 0 Å². The number of carbonyl (C=O) groups excluding carboxylic acids is 2. The van der Waals surface area contributed by atoms with Gasteiger partial charge in [0.2, 0.25) is 11.8 Å². The Kier molecular flexibility index (Phi) is 4.12. The summed E-state index contributed by atoms with van der Waals surface area (Å²) in [5, 5.41) is 6.36. The average molecular weight is 308 g/mol. The van der Waals surface area contributed by atoms with Crippen molar-refractivity contribution in [1.29, 1.82) is 0 Å². The first-order valence-corrected chi connectivity index (χ1v) is 7.62. The van der Waals surface area contributed by atoms with Crippen molar-refractivity contribution in [1.82, 2.24) is 10.6 Å². The fourth-order valence-corrected chi connectivity index (χ4v) is 3.22. The zero-order valence-corrected chi connectivity index (χ0v) is 12.4.